The molecule has 0 bridgehead atoms. The van der Waals surface area contributed by atoms with Crippen LogP contribution in [0.2, 0.25) is 0 Å². The third kappa shape index (κ3) is 7.31. The molecule has 3 rings (SSSR count). The Morgan fingerprint density at radius 3 is 2.38 bits per heavy atom. The lowest BCUT2D eigenvalue weighted by Crippen LogP contribution is -2.46. The molecule has 0 aromatic heterocycles. The van der Waals surface area contributed by atoms with E-state index in [1.807, 2.05) is 6.92 Å². The van der Waals surface area contributed by atoms with Crippen molar-refractivity contribution in [2.24, 2.45) is 0 Å². The number of unbranched alkanes of at least 4 members (excludes halogenated alkanes) is 1. The third-order valence-electron chi connectivity index (χ3n) is 5.15. The molecule has 29 heavy (non-hydrogen) atoms. The van der Waals surface area contributed by atoms with Crippen LogP contribution in [0.5, 0.6) is 5.75 Å². The van der Waals surface area contributed by atoms with Crippen LogP contribution in [0.4, 0.5) is 5.69 Å². The summed E-state index contributed by atoms with van der Waals surface area (Å²) in [4.78, 5) is 15.7. The molecule has 0 N–H and O–H groups in total. The first-order chi connectivity index (χ1) is 13.6. The Morgan fingerprint density at radius 2 is 1.69 bits per heavy atom. The van der Waals surface area contributed by atoms with E-state index >= 15 is 0 Å². The van der Waals surface area contributed by atoms with Gasteiger partial charge in [-0.05, 0) is 43.5 Å². The van der Waals surface area contributed by atoms with E-state index in [1.165, 1.54) is 11.6 Å². The van der Waals surface area contributed by atoms with Crippen LogP contribution in [0.3, 0.4) is 0 Å². The number of ether oxygens (including phenoxy) is 1. The quantitative estimate of drug-likeness (QED) is 0.344. The first-order valence-electron chi connectivity index (χ1n) is 9.98. The molecule has 6 nitrogen and oxygen atoms in total. The predicted molar refractivity (Wildman–Crippen MR) is 118 cm³/mol. The first-order valence-corrected chi connectivity index (χ1v) is 9.98. The molecule has 1 saturated heterocycles. The van der Waals surface area contributed by atoms with Crippen molar-refractivity contribution < 1.29 is 9.66 Å². The van der Waals surface area contributed by atoms with Crippen LogP contribution >= 0.6 is 12.4 Å². The van der Waals surface area contributed by atoms with Crippen molar-refractivity contribution in [2.45, 2.75) is 26.3 Å². The highest BCUT2D eigenvalue weighted by Crippen LogP contribution is 2.27. The second-order valence-electron chi connectivity index (χ2n) is 7.39. The van der Waals surface area contributed by atoms with Gasteiger partial charge in [0, 0.05) is 38.8 Å². The van der Waals surface area contributed by atoms with Crippen LogP contribution < -0.4 is 4.74 Å². The molecule has 0 saturated carbocycles. The molecule has 0 atom stereocenters. The normalized spacial score (nSPS) is 14.9. The molecule has 1 aliphatic heterocycles. The summed E-state index contributed by atoms with van der Waals surface area (Å²) in [6, 6.07) is 15.6. The van der Waals surface area contributed by atoms with Crippen molar-refractivity contribution in [3.63, 3.8) is 0 Å². The van der Waals surface area contributed by atoms with Crippen molar-refractivity contribution in [3.8, 4) is 5.75 Å². The molecule has 2 aromatic carbocycles. The van der Waals surface area contributed by atoms with Crippen LogP contribution in [0.1, 0.15) is 24.0 Å². The molecule has 1 fully saturated rings. The summed E-state index contributed by atoms with van der Waals surface area (Å²) in [5.74, 6) is 0.375. The van der Waals surface area contributed by atoms with E-state index in [1.54, 1.807) is 12.1 Å². The van der Waals surface area contributed by atoms with Gasteiger partial charge in [-0.25, -0.2) is 0 Å². The summed E-state index contributed by atoms with van der Waals surface area (Å²) < 4.78 is 5.68. The summed E-state index contributed by atoms with van der Waals surface area (Å²) >= 11 is 0. The molecular weight excluding hydrogens is 390 g/mol. The van der Waals surface area contributed by atoms with E-state index in [-0.39, 0.29) is 23.0 Å². The van der Waals surface area contributed by atoms with Gasteiger partial charge in [-0.15, -0.1) is 12.4 Å². The Labute approximate surface area is 179 Å². The average Bonchev–Trinajstić information content (AvgIpc) is 2.69. The van der Waals surface area contributed by atoms with Crippen LogP contribution in [0.15, 0.2) is 48.5 Å². The van der Waals surface area contributed by atoms with Crippen LogP contribution in [0.25, 0.3) is 0 Å². The standard InChI is InChI=1S/C22H29N3O3.ClH/c1-19-9-10-21(25(26)27)22(17-19)28-16-6-5-11-23-12-14-24(15-13-23)18-20-7-3-2-4-8-20;/h2-4,7-10,17H,5-6,11-16,18H2,1H3;1H. The van der Waals surface area contributed by atoms with E-state index in [0.717, 1.165) is 57.7 Å². The van der Waals surface area contributed by atoms with Gasteiger partial charge in [0.15, 0.2) is 5.75 Å². The number of nitro benzene ring substituents is 1. The van der Waals surface area contributed by atoms with E-state index in [4.69, 9.17) is 4.74 Å². The Balaban J connectivity index is 0.00000300. The molecule has 0 spiro atoms. The number of nitrogens with zero attached hydrogens (tertiary/aromatic N) is 3. The van der Waals surface area contributed by atoms with Crippen molar-refractivity contribution in [2.75, 3.05) is 39.3 Å². The topological polar surface area (TPSA) is 58.9 Å². The predicted octanol–water partition coefficient (Wildman–Crippen LogP) is 4.30. The first kappa shape index (κ1) is 23.1. The van der Waals surface area contributed by atoms with Gasteiger partial charge < -0.3 is 9.64 Å². The largest absolute Gasteiger partial charge is 0.487 e. The summed E-state index contributed by atoms with van der Waals surface area (Å²) in [7, 11) is 0. The SMILES string of the molecule is Cc1ccc([N+](=O)[O-])c(OCCCCN2CCN(Cc3ccccc3)CC2)c1.Cl. The van der Waals surface area contributed by atoms with Gasteiger partial charge in [0.05, 0.1) is 11.5 Å². The Bertz CT molecular complexity index is 765. The summed E-state index contributed by atoms with van der Waals surface area (Å²) in [5.41, 5.74) is 2.38. The van der Waals surface area contributed by atoms with E-state index in [2.05, 4.69) is 40.1 Å². The molecule has 1 heterocycles. The highest BCUT2D eigenvalue weighted by Gasteiger charge is 2.17. The molecule has 0 amide bonds. The van der Waals surface area contributed by atoms with Gasteiger partial charge in [0.1, 0.15) is 0 Å². The van der Waals surface area contributed by atoms with Gasteiger partial charge in [-0.1, -0.05) is 36.4 Å². The molecule has 0 aliphatic carbocycles. The number of hydrogen-bond acceptors (Lipinski definition) is 5. The maximum Gasteiger partial charge on any atom is 0.310 e. The molecule has 7 heteroatoms. The van der Waals surface area contributed by atoms with Crippen LogP contribution in [0, 0.1) is 17.0 Å². The number of hydrogen-bond donors (Lipinski definition) is 0. The van der Waals surface area contributed by atoms with Crippen molar-refractivity contribution in [3.05, 3.63) is 69.8 Å². The van der Waals surface area contributed by atoms with Crippen molar-refractivity contribution >= 4 is 18.1 Å². The number of benzene rings is 2. The zero-order chi connectivity index (χ0) is 19.8. The van der Waals surface area contributed by atoms with Crippen LogP contribution in [-0.4, -0.2) is 54.1 Å². The lowest BCUT2D eigenvalue weighted by Gasteiger charge is -2.34. The van der Waals surface area contributed by atoms with Crippen molar-refractivity contribution in [1.29, 1.82) is 0 Å². The molecule has 158 valence electrons. The highest BCUT2D eigenvalue weighted by atomic mass is 35.5. The Hall–Kier alpha value is -2.15. The second kappa shape index (κ2) is 11.8. The van der Waals surface area contributed by atoms with Gasteiger partial charge in [0.25, 0.3) is 0 Å². The Morgan fingerprint density at radius 1 is 1.00 bits per heavy atom. The van der Waals surface area contributed by atoms with Gasteiger partial charge in [-0.2, -0.15) is 0 Å². The lowest BCUT2D eigenvalue weighted by molar-refractivity contribution is -0.385. The zero-order valence-electron chi connectivity index (χ0n) is 17.0. The fourth-order valence-electron chi connectivity index (χ4n) is 3.52. The minimum absolute atomic E-state index is 0. The molecule has 1 aliphatic rings. The van der Waals surface area contributed by atoms with E-state index in [9.17, 15) is 10.1 Å². The summed E-state index contributed by atoms with van der Waals surface area (Å²) in [6.45, 7) is 8.89. The summed E-state index contributed by atoms with van der Waals surface area (Å²) in [6.07, 6.45) is 1.94. The van der Waals surface area contributed by atoms with E-state index < -0.39 is 0 Å². The third-order valence-corrected chi connectivity index (χ3v) is 5.15. The molecule has 2 aromatic rings. The van der Waals surface area contributed by atoms with Gasteiger partial charge in [-0.3, -0.25) is 15.0 Å². The number of halogens is 1. The number of aryl methyl sites for hydroxylation is 1. The fourth-order valence-corrected chi connectivity index (χ4v) is 3.52. The van der Waals surface area contributed by atoms with Gasteiger partial charge >= 0.3 is 5.69 Å². The lowest BCUT2D eigenvalue weighted by atomic mass is 10.2. The number of rotatable bonds is 9. The molecular formula is C22H30ClN3O3. The fraction of sp³-hybridized carbons (Fsp3) is 0.455. The summed E-state index contributed by atoms with van der Waals surface area (Å²) in [5, 5.41) is 11.1. The minimum atomic E-state index is -0.385. The average molecular weight is 420 g/mol. The monoisotopic (exact) mass is 419 g/mol. The number of nitro groups is 1. The highest BCUT2D eigenvalue weighted by molar-refractivity contribution is 5.85. The minimum Gasteiger partial charge on any atom is -0.487 e. The van der Waals surface area contributed by atoms with Crippen LogP contribution in [-0.2, 0) is 6.54 Å². The van der Waals surface area contributed by atoms with Crippen molar-refractivity contribution in [1.82, 2.24) is 9.80 Å². The smallest absolute Gasteiger partial charge is 0.310 e. The Kier molecular flexibility index (Phi) is 9.38. The maximum atomic E-state index is 11.1. The maximum absolute atomic E-state index is 11.1. The van der Waals surface area contributed by atoms with Gasteiger partial charge in [0.2, 0.25) is 0 Å². The molecule has 0 radical (unpaired) electrons. The second-order valence-corrected chi connectivity index (χ2v) is 7.39. The number of piperazine rings is 1. The van der Waals surface area contributed by atoms with E-state index in [0.29, 0.717) is 12.4 Å². The molecule has 0 unspecified atom stereocenters. The zero-order valence-corrected chi connectivity index (χ0v) is 17.8.